The van der Waals surface area contributed by atoms with Gasteiger partial charge in [-0.15, -0.1) is 0 Å². The molecule has 1 heterocycles. The molecule has 0 aromatic heterocycles. The molecule has 0 spiro atoms. The van der Waals surface area contributed by atoms with Gasteiger partial charge in [0.25, 0.3) is 0 Å². The van der Waals surface area contributed by atoms with Crippen LogP contribution in [0.5, 0.6) is 0 Å². The number of hydrogen-bond donors (Lipinski definition) is 1. The summed E-state index contributed by atoms with van der Waals surface area (Å²) in [6.45, 7) is 7.42. The molecule has 1 saturated heterocycles. The first-order chi connectivity index (χ1) is 9.75. The number of nitrogens with zero attached hydrogens (tertiary/aromatic N) is 1. The molecule has 3 nitrogen and oxygen atoms in total. The maximum atomic E-state index is 5.94. The van der Waals surface area contributed by atoms with E-state index in [9.17, 15) is 0 Å². The van der Waals surface area contributed by atoms with Crippen molar-refractivity contribution in [2.24, 2.45) is 0 Å². The Balaban J connectivity index is 1.60. The van der Waals surface area contributed by atoms with Crippen LogP contribution in [0.2, 0.25) is 0 Å². The van der Waals surface area contributed by atoms with Gasteiger partial charge in [0.15, 0.2) is 0 Å². The molecular formula is C17H28N2O. The average molecular weight is 276 g/mol. The van der Waals surface area contributed by atoms with E-state index in [1.807, 2.05) is 0 Å². The number of rotatable bonds is 7. The molecule has 1 aliphatic rings. The molecule has 112 valence electrons. The minimum absolute atomic E-state index is 0.484. The fourth-order valence-corrected chi connectivity index (χ4v) is 2.70. The first-order valence-corrected chi connectivity index (χ1v) is 7.81. The van der Waals surface area contributed by atoms with Gasteiger partial charge in [0.2, 0.25) is 0 Å². The summed E-state index contributed by atoms with van der Waals surface area (Å²) >= 11 is 0. The monoisotopic (exact) mass is 276 g/mol. The molecule has 3 heteroatoms. The van der Waals surface area contributed by atoms with E-state index in [-0.39, 0.29) is 0 Å². The van der Waals surface area contributed by atoms with Gasteiger partial charge in [-0.3, -0.25) is 0 Å². The van der Waals surface area contributed by atoms with Gasteiger partial charge in [0.05, 0.1) is 6.10 Å². The van der Waals surface area contributed by atoms with Crippen LogP contribution in [0.15, 0.2) is 24.3 Å². The minimum Gasteiger partial charge on any atom is -0.378 e. The van der Waals surface area contributed by atoms with Gasteiger partial charge in [-0.1, -0.05) is 24.3 Å². The lowest BCUT2D eigenvalue weighted by molar-refractivity contribution is 0.0284. The van der Waals surface area contributed by atoms with Crippen LogP contribution in [0.4, 0.5) is 0 Å². The Morgan fingerprint density at radius 3 is 2.75 bits per heavy atom. The van der Waals surface area contributed by atoms with E-state index in [1.54, 1.807) is 0 Å². The van der Waals surface area contributed by atoms with E-state index >= 15 is 0 Å². The molecule has 1 aliphatic heterocycles. The van der Waals surface area contributed by atoms with Crippen molar-refractivity contribution in [2.45, 2.75) is 38.8 Å². The van der Waals surface area contributed by atoms with Crippen molar-refractivity contribution in [3.05, 3.63) is 35.4 Å². The van der Waals surface area contributed by atoms with E-state index in [1.165, 1.54) is 24.0 Å². The third-order valence-electron chi connectivity index (χ3n) is 4.03. The van der Waals surface area contributed by atoms with Crippen LogP contribution in [0.3, 0.4) is 0 Å². The van der Waals surface area contributed by atoms with E-state index in [2.05, 4.69) is 48.5 Å². The fraction of sp³-hybridized carbons (Fsp3) is 0.647. The van der Waals surface area contributed by atoms with Gasteiger partial charge in [-0.2, -0.15) is 0 Å². The van der Waals surface area contributed by atoms with Crippen molar-refractivity contribution >= 4 is 0 Å². The molecule has 0 radical (unpaired) electrons. The van der Waals surface area contributed by atoms with Crippen LogP contribution in [0.25, 0.3) is 0 Å². The molecule has 0 bridgehead atoms. The maximum Gasteiger partial charge on any atom is 0.0599 e. The summed E-state index contributed by atoms with van der Waals surface area (Å²) in [4.78, 5) is 2.38. The molecule has 1 aromatic carbocycles. The number of benzene rings is 1. The van der Waals surface area contributed by atoms with E-state index in [0.717, 1.165) is 39.2 Å². The summed E-state index contributed by atoms with van der Waals surface area (Å²) in [5.74, 6) is 0. The van der Waals surface area contributed by atoms with Crippen LogP contribution in [0.1, 0.15) is 30.4 Å². The van der Waals surface area contributed by atoms with Crippen molar-refractivity contribution in [3.8, 4) is 0 Å². The highest BCUT2D eigenvalue weighted by molar-refractivity contribution is 5.25. The molecule has 20 heavy (non-hydrogen) atoms. The molecule has 0 aliphatic carbocycles. The predicted octanol–water partition coefficient (Wildman–Crippen LogP) is 2.59. The molecule has 2 rings (SSSR count). The number of ether oxygens (including phenoxy) is 1. The molecular weight excluding hydrogens is 248 g/mol. The second kappa shape index (κ2) is 8.40. The zero-order valence-corrected chi connectivity index (χ0v) is 12.9. The van der Waals surface area contributed by atoms with E-state index in [0.29, 0.717) is 6.10 Å². The van der Waals surface area contributed by atoms with E-state index < -0.39 is 0 Å². The van der Waals surface area contributed by atoms with Gasteiger partial charge >= 0.3 is 0 Å². The zero-order chi connectivity index (χ0) is 14.2. The predicted molar refractivity (Wildman–Crippen MR) is 84.0 cm³/mol. The molecule has 0 atom stereocenters. The summed E-state index contributed by atoms with van der Waals surface area (Å²) < 4.78 is 5.94. The Morgan fingerprint density at radius 2 is 2.00 bits per heavy atom. The Hall–Kier alpha value is -0.900. The molecule has 0 unspecified atom stereocenters. The van der Waals surface area contributed by atoms with Crippen LogP contribution in [-0.2, 0) is 11.3 Å². The Labute approximate surface area is 123 Å². The van der Waals surface area contributed by atoms with Gasteiger partial charge in [-0.25, -0.2) is 0 Å². The molecule has 0 amide bonds. The minimum atomic E-state index is 0.484. The largest absolute Gasteiger partial charge is 0.378 e. The molecule has 1 N–H and O–H groups in total. The second-order valence-corrected chi connectivity index (χ2v) is 5.84. The van der Waals surface area contributed by atoms with Crippen LogP contribution >= 0.6 is 0 Å². The van der Waals surface area contributed by atoms with Crippen molar-refractivity contribution in [2.75, 3.05) is 33.3 Å². The summed E-state index contributed by atoms with van der Waals surface area (Å²) in [6.07, 6.45) is 3.93. The molecule has 0 saturated carbocycles. The SMILES string of the molecule is Cc1ccccc1CN(C)CCCOC1CCNCC1. The fourth-order valence-electron chi connectivity index (χ4n) is 2.70. The van der Waals surface area contributed by atoms with Crippen molar-refractivity contribution in [1.29, 1.82) is 0 Å². The highest BCUT2D eigenvalue weighted by Gasteiger charge is 2.12. The topological polar surface area (TPSA) is 24.5 Å². The maximum absolute atomic E-state index is 5.94. The summed E-state index contributed by atoms with van der Waals surface area (Å²) in [5.41, 5.74) is 2.81. The van der Waals surface area contributed by atoms with Crippen molar-refractivity contribution < 1.29 is 4.74 Å². The average Bonchev–Trinajstić information content (AvgIpc) is 2.47. The van der Waals surface area contributed by atoms with Crippen LogP contribution in [-0.4, -0.2) is 44.3 Å². The molecule has 1 aromatic rings. The molecule has 1 fully saturated rings. The highest BCUT2D eigenvalue weighted by atomic mass is 16.5. The van der Waals surface area contributed by atoms with Gasteiger partial charge < -0.3 is 15.0 Å². The van der Waals surface area contributed by atoms with Crippen molar-refractivity contribution in [1.82, 2.24) is 10.2 Å². The smallest absolute Gasteiger partial charge is 0.0599 e. The van der Waals surface area contributed by atoms with Gasteiger partial charge in [0.1, 0.15) is 0 Å². The highest BCUT2D eigenvalue weighted by Crippen LogP contribution is 2.10. The Morgan fingerprint density at radius 1 is 1.25 bits per heavy atom. The lowest BCUT2D eigenvalue weighted by atomic mass is 10.1. The van der Waals surface area contributed by atoms with Crippen molar-refractivity contribution in [3.63, 3.8) is 0 Å². The lowest BCUT2D eigenvalue weighted by Crippen LogP contribution is -2.33. The van der Waals surface area contributed by atoms with Gasteiger partial charge in [0, 0.05) is 19.7 Å². The van der Waals surface area contributed by atoms with Crippen LogP contribution < -0.4 is 5.32 Å². The van der Waals surface area contributed by atoms with Gasteiger partial charge in [-0.05, 0) is 57.5 Å². The first kappa shape index (κ1) is 15.5. The third kappa shape index (κ3) is 5.23. The standard InChI is InChI=1S/C17H28N2O/c1-15-6-3-4-7-16(15)14-19(2)12-5-13-20-17-8-10-18-11-9-17/h3-4,6-7,17-18H,5,8-14H2,1-2H3. The normalized spacial score (nSPS) is 16.8. The Kier molecular flexibility index (Phi) is 6.51. The third-order valence-corrected chi connectivity index (χ3v) is 4.03. The van der Waals surface area contributed by atoms with E-state index in [4.69, 9.17) is 4.74 Å². The number of nitrogens with one attached hydrogen (secondary N) is 1. The number of piperidine rings is 1. The summed E-state index contributed by atoms with van der Waals surface area (Å²) in [7, 11) is 2.19. The first-order valence-electron chi connectivity index (χ1n) is 7.81. The Bertz CT molecular complexity index is 388. The number of hydrogen-bond acceptors (Lipinski definition) is 3. The zero-order valence-electron chi connectivity index (χ0n) is 12.9. The lowest BCUT2D eigenvalue weighted by Gasteiger charge is -2.23. The summed E-state index contributed by atoms with van der Waals surface area (Å²) in [5, 5.41) is 3.37. The van der Waals surface area contributed by atoms with Crippen LogP contribution in [0, 0.1) is 6.92 Å². The summed E-state index contributed by atoms with van der Waals surface area (Å²) in [6, 6.07) is 8.63. The second-order valence-electron chi connectivity index (χ2n) is 5.84. The number of aryl methyl sites for hydroxylation is 1. The quantitative estimate of drug-likeness (QED) is 0.775.